The smallest absolute Gasteiger partial charge is 0.409 e. The molecule has 1 amide bonds. The second-order valence-electron chi connectivity index (χ2n) is 4.78. The summed E-state index contributed by atoms with van der Waals surface area (Å²) in [5.74, 6) is 0.885. The van der Waals surface area contributed by atoms with Crippen molar-refractivity contribution in [2.45, 2.75) is 4.90 Å². The lowest BCUT2D eigenvalue weighted by molar-refractivity contribution is 0.209. The number of carbonyl (C=O) groups is 1. The molecule has 3 N–H and O–H groups in total. The fourth-order valence-corrected chi connectivity index (χ4v) is 2.95. The van der Waals surface area contributed by atoms with Crippen molar-refractivity contribution in [2.24, 2.45) is 0 Å². The Bertz CT molecular complexity index is 599. The van der Waals surface area contributed by atoms with Gasteiger partial charge in [0.1, 0.15) is 0 Å². The lowest BCUT2D eigenvalue weighted by Gasteiger charge is -2.13. The highest BCUT2D eigenvalue weighted by Crippen LogP contribution is 2.32. The third kappa shape index (κ3) is 4.51. The standard InChI is InChI=1S/C14H18N4O2S/c1-18(2)5-6-21-13-7-10(11-8-15-16-9-11)3-4-12(13)17-14(19)20/h3-4,7-9,17H,5-6H2,1-2H3,(H,15,16)(H,19,20). The van der Waals surface area contributed by atoms with Crippen molar-refractivity contribution in [3.63, 3.8) is 0 Å². The molecule has 2 aromatic rings. The predicted molar refractivity (Wildman–Crippen MR) is 84.9 cm³/mol. The molecule has 6 nitrogen and oxygen atoms in total. The van der Waals surface area contributed by atoms with Crippen LogP contribution in [0, 0.1) is 0 Å². The molecule has 0 saturated heterocycles. The molecule has 0 saturated carbocycles. The highest BCUT2D eigenvalue weighted by atomic mass is 32.2. The average Bonchev–Trinajstić information content (AvgIpc) is 2.93. The van der Waals surface area contributed by atoms with Gasteiger partial charge in [0, 0.05) is 29.0 Å². The lowest BCUT2D eigenvalue weighted by Crippen LogP contribution is -2.15. The Morgan fingerprint density at radius 2 is 2.24 bits per heavy atom. The molecule has 0 spiro atoms. The number of H-pyrrole nitrogens is 1. The zero-order chi connectivity index (χ0) is 15.2. The third-order valence-electron chi connectivity index (χ3n) is 2.85. The Balaban J connectivity index is 2.22. The monoisotopic (exact) mass is 306 g/mol. The van der Waals surface area contributed by atoms with Gasteiger partial charge in [0.05, 0.1) is 11.9 Å². The Morgan fingerprint density at radius 3 is 2.86 bits per heavy atom. The number of nitrogens with zero attached hydrogens (tertiary/aromatic N) is 2. The fraction of sp³-hybridized carbons (Fsp3) is 0.286. The number of aromatic nitrogens is 2. The largest absolute Gasteiger partial charge is 0.465 e. The molecular weight excluding hydrogens is 288 g/mol. The molecule has 1 heterocycles. The van der Waals surface area contributed by atoms with Crippen LogP contribution in [0.4, 0.5) is 10.5 Å². The van der Waals surface area contributed by atoms with E-state index in [1.165, 1.54) is 0 Å². The summed E-state index contributed by atoms with van der Waals surface area (Å²) >= 11 is 1.63. The summed E-state index contributed by atoms with van der Waals surface area (Å²) in [6.07, 6.45) is 2.50. The molecule has 2 rings (SSSR count). The van der Waals surface area contributed by atoms with Crippen LogP contribution in [0.5, 0.6) is 0 Å². The van der Waals surface area contributed by atoms with E-state index in [0.717, 1.165) is 28.3 Å². The molecule has 0 aliphatic rings. The number of benzene rings is 1. The van der Waals surface area contributed by atoms with E-state index in [4.69, 9.17) is 5.11 Å². The number of hydrogen-bond donors (Lipinski definition) is 3. The lowest BCUT2D eigenvalue weighted by atomic mass is 10.1. The second kappa shape index (κ2) is 7.14. The van der Waals surface area contributed by atoms with Crippen molar-refractivity contribution >= 4 is 23.5 Å². The minimum atomic E-state index is -1.06. The first-order valence-electron chi connectivity index (χ1n) is 6.47. The number of hydrogen-bond acceptors (Lipinski definition) is 4. The molecule has 112 valence electrons. The molecule has 0 aliphatic heterocycles. The summed E-state index contributed by atoms with van der Waals surface area (Å²) in [4.78, 5) is 13.9. The number of amides is 1. The number of aromatic amines is 1. The van der Waals surface area contributed by atoms with E-state index in [0.29, 0.717) is 5.69 Å². The summed E-state index contributed by atoms with van der Waals surface area (Å²) in [5.41, 5.74) is 2.59. The number of rotatable bonds is 6. The molecule has 1 aromatic heterocycles. The van der Waals surface area contributed by atoms with Crippen LogP contribution in [0.1, 0.15) is 0 Å². The van der Waals surface area contributed by atoms with Crippen LogP contribution in [-0.4, -0.2) is 52.7 Å². The van der Waals surface area contributed by atoms with Crippen LogP contribution in [0.2, 0.25) is 0 Å². The van der Waals surface area contributed by atoms with Gasteiger partial charge in [-0.2, -0.15) is 5.10 Å². The van der Waals surface area contributed by atoms with Crippen molar-refractivity contribution in [1.82, 2.24) is 15.1 Å². The van der Waals surface area contributed by atoms with Gasteiger partial charge in [-0.1, -0.05) is 6.07 Å². The Kier molecular flexibility index (Phi) is 5.24. The number of carboxylic acid groups (broad SMARTS) is 1. The van der Waals surface area contributed by atoms with Crippen LogP contribution < -0.4 is 5.32 Å². The van der Waals surface area contributed by atoms with Crippen molar-refractivity contribution < 1.29 is 9.90 Å². The quantitative estimate of drug-likeness (QED) is 0.715. The van der Waals surface area contributed by atoms with E-state index in [9.17, 15) is 4.79 Å². The van der Waals surface area contributed by atoms with Gasteiger partial charge in [0.15, 0.2) is 0 Å². The highest BCUT2D eigenvalue weighted by Gasteiger charge is 2.09. The molecule has 1 aromatic carbocycles. The van der Waals surface area contributed by atoms with Gasteiger partial charge in [0.25, 0.3) is 0 Å². The van der Waals surface area contributed by atoms with E-state index < -0.39 is 6.09 Å². The first-order valence-corrected chi connectivity index (χ1v) is 7.45. The Morgan fingerprint density at radius 1 is 1.43 bits per heavy atom. The van der Waals surface area contributed by atoms with Gasteiger partial charge in [-0.3, -0.25) is 10.4 Å². The van der Waals surface area contributed by atoms with Gasteiger partial charge in [-0.05, 0) is 31.8 Å². The first kappa shape index (κ1) is 15.4. The van der Waals surface area contributed by atoms with E-state index in [2.05, 4.69) is 20.4 Å². The normalized spacial score (nSPS) is 10.8. The first-order chi connectivity index (χ1) is 10.1. The summed E-state index contributed by atoms with van der Waals surface area (Å²) in [5, 5.41) is 18.1. The molecular formula is C14H18N4O2S. The highest BCUT2D eigenvalue weighted by molar-refractivity contribution is 7.99. The fourth-order valence-electron chi connectivity index (χ4n) is 1.79. The van der Waals surface area contributed by atoms with Crippen molar-refractivity contribution in [1.29, 1.82) is 0 Å². The van der Waals surface area contributed by atoms with E-state index in [1.54, 1.807) is 24.0 Å². The van der Waals surface area contributed by atoms with Gasteiger partial charge >= 0.3 is 6.09 Å². The molecule has 0 radical (unpaired) electrons. The van der Waals surface area contributed by atoms with Crippen LogP contribution >= 0.6 is 11.8 Å². The topological polar surface area (TPSA) is 81.2 Å². The van der Waals surface area contributed by atoms with Gasteiger partial charge in [-0.25, -0.2) is 4.79 Å². The third-order valence-corrected chi connectivity index (χ3v) is 3.89. The van der Waals surface area contributed by atoms with Crippen LogP contribution in [-0.2, 0) is 0 Å². The summed E-state index contributed by atoms with van der Waals surface area (Å²) in [6, 6.07) is 5.65. The van der Waals surface area contributed by atoms with Gasteiger partial charge in [0.2, 0.25) is 0 Å². The number of anilines is 1. The zero-order valence-corrected chi connectivity index (χ0v) is 12.8. The summed E-state index contributed by atoms with van der Waals surface area (Å²) in [7, 11) is 4.03. The van der Waals surface area contributed by atoms with Gasteiger partial charge in [-0.15, -0.1) is 11.8 Å². The predicted octanol–water partition coefficient (Wildman–Crippen LogP) is 2.82. The maximum Gasteiger partial charge on any atom is 0.409 e. The van der Waals surface area contributed by atoms with E-state index in [1.807, 2.05) is 32.4 Å². The minimum Gasteiger partial charge on any atom is -0.465 e. The Labute approximate surface area is 127 Å². The van der Waals surface area contributed by atoms with E-state index in [-0.39, 0.29) is 0 Å². The summed E-state index contributed by atoms with van der Waals surface area (Å²) < 4.78 is 0. The second-order valence-corrected chi connectivity index (χ2v) is 5.92. The molecule has 0 fully saturated rings. The minimum absolute atomic E-state index is 0.610. The molecule has 0 aliphatic carbocycles. The number of nitrogens with one attached hydrogen (secondary N) is 2. The van der Waals surface area contributed by atoms with Crippen molar-refractivity contribution in [2.75, 3.05) is 31.7 Å². The Hall–Kier alpha value is -1.99. The molecule has 21 heavy (non-hydrogen) atoms. The summed E-state index contributed by atoms with van der Waals surface area (Å²) in [6.45, 7) is 0.924. The van der Waals surface area contributed by atoms with Crippen molar-refractivity contribution in [3.8, 4) is 11.1 Å². The van der Waals surface area contributed by atoms with Crippen molar-refractivity contribution in [3.05, 3.63) is 30.6 Å². The van der Waals surface area contributed by atoms with Crippen LogP contribution in [0.15, 0.2) is 35.5 Å². The van der Waals surface area contributed by atoms with E-state index >= 15 is 0 Å². The molecule has 7 heteroatoms. The maximum absolute atomic E-state index is 10.9. The molecule has 0 unspecified atom stereocenters. The molecule has 0 bridgehead atoms. The zero-order valence-electron chi connectivity index (χ0n) is 12.0. The maximum atomic E-state index is 10.9. The number of thioether (sulfide) groups is 1. The van der Waals surface area contributed by atoms with Crippen LogP contribution in [0.25, 0.3) is 11.1 Å². The van der Waals surface area contributed by atoms with Crippen LogP contribution in [0.3, 0.4) is 0 Å². The SMILES string of the molecule is CN(C)CCSc1cc(-c2cn[nH]c2)ccc1NC(=O)O. The molecule has 0 atom stereocenters. The van der Waals surface area contributed by atoms with Gasteiger partial charge < -0.3 is 10.0 Å². The average molecular weight is 306 g/mol.